The van der Waals surface area contributed by atoms with E-state index in [4.69, 9.17) is 11.0 Å². The number of anilines is 1. The number of rotatable bonds is 6. The first-order valence-electron chi connectivity index (χ1n) is 9.18. The number of amides is 1. The fourth-order valence-electron chi connectivity index (χ4n) is 4.06. The summed E-state index contributed by atoms with van der Waals surface area (Å²) in [6.45, 7) is 0. The van der Waals surface area contributed by atoms with Crippen LogP contribution in [0.5, 0.6) is 0 Å². The Kier molecular flexibility index (Phi) is 4.07. The van der Waals surface area contributed by atoms with Crippen LogP contribution in [0.2, 0.25) is 0 Å². The second kappa shape index (κ2) is 6.14. The molecule has 2 saturated carbocycles. The molecule has 0 bridgehead atoms. The van der Waals surface area contributed by atoms with E-state index in [0.29, 0.717) is 40.6 Å². The van der Waals surface area contributed by atoms with Crippen LogP contribution in [-0.4, -0.2) is 17.7 Å². The summed E-state index contributed by atoms with van der Waals surface area (Å²) in [5.74, 6) is 0.620. The van der Waals surface area contributed by atoms with Crippen LogP contribution >= 0.6 is 11.3 Å². The van der Waals surface area contributed by atoms with Gasteiger partial charge >= 0.3 is 0 Å². The summed E-state index contributed by atoms with van der Waals surface area (Å²) in [5.41, 5.74) is 7.08. The lowest BCUT2D eigenvalue weighted by atomic mass is 9.67. The monoisotopic (exact) mass is 357 g/mol. The fourth-order valence-corrected chi connectivity index (χ4v) is 5.24. The summed E-state index contributed by atoms with van der Waals surface area (Å²) >= 11 is 1.27. The number of fused-ring (bicyclic) bond motifs is 1. The van der Waals surface area contributed by atoms with Gasteiger partial charge in [0.2, 0.25) is 0 Å². The van der Waals surface area contributed by atoms with Crippen LogP contribution in [-0.2, 0) is 6.42 Å². The molecular weight excluding hydrogens is 334 g/mol. The molecule has 3 N–H and O–H groups in total. The van der Waals surface area contributed by atoms with Gasteiger partial charge in [0, 0.05) is 17.9 Å². The Morgan fingerprint density at radius 2 is 2.12 bits per heavy atom. The van der Waals surface area contributed by atoms with Crippen LogP contribution < -0.4 is 11.1 Å². The minimum absolute atomic E-state index is 0.123. The van der Waals surface area contributed by atoms with E-state index >= 15 is 0 Å². The van der Waals surface area contributed by atoms with E-state index in [2.05, 4.69) is 11.4 Å². The molecule has 0 spiro atoms. The summed E-state index contributed by atoms with van der Waals surface area (Å²) in [6, 6.07) is 2.47. The van der Waals surface area contributed by atoms with Gasteiger partial charge in [0.05, 0.1) is 21.5 Å². The van der Waals surface area contributed by atoms with Crippen LogP contribution in [0, 0.1) is 22.7 Å². The maximum absolute atomic E-state index is 13.3. The van der Waals surface area contributed by atoms with Gasteiger partial charge in [-0.15, -0.1) is 11.3 Å². The van der Waals surface area contributed by atoms with Gasteiger partial charge in [0.15, 0.2) is 5.78 Å². The van der Waals surface area contributed by atoms with Crippen molar-refractivity contribution in [1.29, 1.82) is 5.26 Å². The normalized spacial score (nSPS) is 25.3. The van der Waals surface area contributed by atoms with E-state index in [-0.39, 0.29) is 17.7 Å². The maximum atomic E-state index is 13.3. The summed E-state index contributed by atoms with van der Waals surface area (Å²) in [7, 11) is 0. The SMILES string of the molecule is N#CCC[C@@]1(CC2CC2)CCc2c(sc(N)c2C(=O)NC2CC2)C1=O. The molecule has 0 saturated heterocycles. The topological polar surface area (TPSA) is 96.0 Å². The third-order valence-corrected chi connectivity index (χ3v) is 6.87. The zero-order chi connectivity index (χ0) is 17.6. The van der Waals surface area contributed by atoms with Gasteiger partial charge in [-0.3, -0.25) is 9.59 Å². The highest BCUT2D eigenvalue weighted by Gasteiger charge is 2.47. The number of nitriles is 1. The molecule has 132 valence electrons. The largest absolute Gasteiger partial charge is 0.390 e. The Hall–Kier alpha value is -1.87. The van der Waals surface area contributed by atoms with Gasteiger partial charge in [-0.1, -0.05) is 12.8 Å². The Balaban J connectivity index is 1.65. The Morgan fingerprint density at radius 3 is 2.76 bits per heavy atom. The lowest BCUT2D eigenvalue weighted by molar-refractivity contribution is 0.0713. The van der Waals surface area contributed by atoms with Crippen molar-refractivity contribution in [3.05, 3.63) is 16.0 Å². The van der Waals surface area contributed by atoms with Crippen LogP contribution in [0.3, 0.4) is 0 Å². The second-order valence-electron chi connectivity index (χ2n) is 7.81. The van der Waals surface area contributed by atoms with Crippen LogP contribution in [0.25, 0.3) is 0 Å². The van der Waals surface area contributed by atoms with Gasteiger partial charge in [-0.05, 0) is 50.0 Å². The average molecular weight is 357 g/mol. The summed E-state index contributed by atoms with van der Waals surface area (Å²) < 4.78 is 0. The second-order valence-corrected chi connectivity index (χ2v) is 8.86. The van der Waals surface area contributed by atoms with E-state index in [1.165, 1.54) is 24.2 Å². The van der Waals surface area contributed by atoms with Crippen molar-refractivity contribution in [3.63, 3.8) is 0 Å². The van der Waals surface area contributed by atoms with Crippen molar-refractivity contribution in [2.45, 2.75) is 63.8 Å². The van der Waals surface area contributed by atoms with Gasteiger partial charge in [-0.2, -0.15) is 5.26 Å². The first-order chi connectivity index (χ1) is 12.0. The predicted octanol–water partition coefficient (Wildman–Crippen LogP) is 3.44. The quantitative estimate of drug-likeness (QED) is 0.815. The van der Waals surface area contributed by atoms with Crippen molar-refractivity contribution in [2.24, 2.45) is 11.3 Å². The molecular formula is C19H23N3O2S. The van der Waals surface area contributed by atoms with Gasteiger partial charge in [0.25, 0.3) is 5.91 Å². The van der Waals surface area contributed by atoms with E-state index in [1.807, 2.05) is 0 Å². The van der Waals surface area contributed by atoms with E-state index in [9.17, 15) is 9.59 Å². The number of hydrogen-bond donors (Lipinski definition) is 2. The molecule has 1 aromatic rings. The Labute approximate surface area is 151 Å². The molecule has 25 heavy (non-hydrogen) atoms. The highest BCUT2D eigenvalue weighted by atomic mass is 32.1. The smallest absolute Gasteiger partial charge is 0.254 e. The summed E-state index contributed by atoms with van der Waals surface area (Å²) in [4.78, 5) is 26.6. The Bertz CT molecular complexity index is 770. The van der Waals surface area contributed by atoms with Crippen molar-refractivity contribution < 1.29 is 9.59 Å². The molecule has 1 aromatic heterocycles. The number of ketones is 1. The number of nitrogens with zero attached hydrogens (tertiary/aromatic N) is 1. The molecule has 1 amide bonds. The van der Waals surface area contributed by atoms with Crippen molar-refractivity contribution in [2.75, 3.05) is 5.73 Å². The number of hydrogen-bond acceptors (Lipinski definition) is 5. The molecule has 1 heterocycles. The van der Waals surface area contributed by atoms with E-state index in [1.54, 1.807) is 0 Å². The Morgan fingerprint density at radius 1 is 1.36 bits per heavy atom. The molecule has 0 unspecified atom stereocenters. The van der Waals surface area contributed by atoms with Crippen molar-refractivity contribution in [3.8, 4) is 6.07 Å². The number of thiophene rings is 1. The molecule has 0 radical (unpaired) electrons. The third kappa shape index (κ3) is 3.06. The predicted molar refractivity (Wildman–Crippen MR) is 96.5 cm³/mol. The zero-order valence-corrected chi connectivity index (χ0v) is 15.1. The van der Waals surface area contributed by atoms with Crippen LogP contribution in [0.4, 0.5) is 5.00 Å². The molecule has 0 aliphatic heterocycles. The highest BCUT2D eigenvalue weighted by molar-refractivity contribution is 7.18. The van der Waals surface area contributed by atoms with Gasteiger partial charge in [-0.25, -0.2) is 0 Å². The highest BCUT2D eigenvalue weighted by Crippen LogP contribution is 2.51. The number of carbonyl (C=O) groups is 2. The molecule has 0 aromatic carbocycles. The average Bonchev–Trinajstić information content (AvgIpc) is 3.50. The fraction of sp³-hybridized carbons (Fsp3) is 0.632. The van der Waals surface area contributed by atoms with Gasteiger partial charge < -0.3 is 11.1 Å². The standard InChI is InChI=1S/C19H23N3O2S/c20-9-1-7-19(10-11-2-3-11)8-6-13-14(18(24)22-12-4-5-12)17(21)25-15(13)16(19)23/h11-12H,1-8,10,21H2,(H,22,24)/t19-/m0/s1. The van der Waals surface area contributed by atoms with Crippen molar-refractivity contribution in [1.82, 2.24) is 5.32 Å². The number of Topliss-reactive ketones (excluding diaryl/α,β-unsaturated/α-hetero) is 1. The lowest BCUT2D eigenvalue weighted by Gasteiger charge is -2.35. The molecule has 3 aliphatic carbocycles. The number of nitrogens with one attached hydrogen (secondary N) is 1. The summed E-state index contributed by atoms with van der Waals surface area (Å²) in [5, 5.41) is 12.5. The lowest BCUT2D eigenvalue weighted by Crippen LogP contribution is -2.37. The minimum atomic E-state index is -0.425. The molecule has 5 nitrogen and oxygen atoms in total. The number of nitrogens with two attached hydrogens (primary N) is 1. The van der Waals surface area contributed by atoms with Crippen molar-refractivity contribution >= 4 is 28.0 Å². The minimum Gasteiger partial charge on any atom is -0.390 e. The molecule has 6 heteroatoms. The van der Waals surface area contributed by atoms with E-state index in [0.717, 1.165) is 31.2 Å². The molecule has 4 rings (SSSR count). The summed E-state index contributed by atoms with van der Waals surface area (Å²) in [6.07, 6.45) is 7.78. The molecule has 2 fully saturated rings. The molecule has 3 aliphatic rings. The van der Waals surface area contributed by atoms with E-state index < -0.39 is 5.41 Å². The van der Waals surface area contributed by atoms with Crippen LogP contribution in [0.15, 0.2) is 0 Å². The third-order valence-electron chi connectivity index (χ3n) is 5.81. The van der Waals surface area contributed by atoms with Crippen LogP contribution in [0.1, 0.15) is 77.0 Å². The number of carbonyl (C=O) groups excluding carboxylic acids is 2. The van der Waals surface area contributed by atoms with Gasteiger partial charge in [0.1, 0.15) is 0 Å². The first kappa shape index (κ1) is 16.6. The zero-order valence-electron chi connectivity index (χ0n) is 14.3. The number of nitrogen functional groups attached to an aromatic ring is 1. The molecule has 1 atom stereocenters. The first-order valence-corrected chi connectivity index (χ1v) is 9.99. The maximum Gasteiger partial charge on any atom is 0.254 e.